The highest BCUT2D eigenvalue weighted by Gasteiger charge is 2.42. The predicted molar refractivity (Wildman–Crippen MR) is 90.6 cm³/mol. The van der Waals surface area contributed by atoms with Crippen LogP contribution in [0.2, 0.25) is 0 Å². The van der Waals surface area contributed by atoms with Crippen LogP contribution in [0.1, 0.15) is 55.7 Å². The van der Waals surface area contributed by atoms with Crippen molar-refractivity contribution < 1.29 is 4.74 Å². The van der Waals surface area contributed by atoms with E-state index in [-0.39, 0.29) is 5.60 Å². The lowest BCUT2D eigenvalue weighted by molar-refractivity contribution is -0.0979. The van der Waals surface area contributed by atoms with Gasteiger partial charge in [0.15, 0.2) is 0 Å². The van der Waals surface area contributed by atoms with Crippen molar-refractivity contribution in [3.05, 3.63) is 33.8 Å². The Balaban J connectivity index is 1.84. The van der Waals surface area contributed by atoms with Crippen LogP contribution in [0.5, 0.6) is 0 Å². The Morgan fingerprint density at radius 1 is 1.33 bits per heavy atom. The molecule has 1 N–H and O–H groups in total. The molecular weight excluding hydrogens is 326 g/mol. The first kappa shape index (κ1) is 15.5. The lowest BCUT2D eigenvalue weighted by Gasteiger charge is -2.41. The third-order valence-electron chi connectivity index (χ3n) is 5.39. The van der Waals surface area contributed by atoms with Gasteiger partial charge in [0.25, 0.3) is 0 Å². The highest BCUT2D eigenvalue weighted by molar-refractivity contribution is 9.10. The van der Waals surface area contributed by atoms with Crippen molar-refractivity contribution in [2.75, 3.05) is 13.7 Å². The fourth-order valence-electron chi connectivity index (χ4n) is 4.27. The van der Waals surface area contributed by atoms with Gasteiger partial charge in [0.05, 0.1) is 5.60 Å². The molecule has 1 heterocycles. The second kappa shape index (κ2) is 6.39. The lowest BCUT2D eigenvalue weighted by Crippen LogP contribution is -2.41. The summed E-state index contributed by atoms with van der Waals surface area (Å²) < 4.78 is 7.46. The number of ether oxygens (including phenoxy) is 1. The number of halogens is 1. The average molecular weight is 352 g/mol. The molecule has 0 radical (unpaired) electrons. The SMILES string of the molecule is CNC(c1cccc(C)c1Br)C1CCOC2(CCCC2)C1. The average Bonchev–Trinajstić information content (AvgIpc) is 2.92. The van der Waals surface area contributed by atoms with Crippen LogP contribution < -0.4 is 5.32 Å². The number of rotatable bonds is 3. The van der Waals surface area contributed by atoms with Crippen LogP contribution in [0.15, 0.2) is 22.7 Å². The number of hydrogen-bond acceptors (Lipinski definition) is 2. The molecule has 1 saturated carbocycles. The third-order valence-corrected chi connectivity index (χ3v) is 6.47. The highest BCUT2D eigenvalue weighted by atomic mass is 79.9. The third kappa shape index (κ3) is 3.06. The highest BCUT2D eigenvalue weighted by Crippen LogP contribution is 2.46. The van der Waals surface area contributed by atoms with Gasteiger partial charge in [-0.3, -0.25) is 0 Å². The van der Waals surface area contributed by atoms with Crippen LogP contribution in [0.3, 0.4) is 0 Å². The summed E-state index contributed by atoms with van der Waals surface area (Å²) in [6.45, 7) is 3.09. The maximum absolute atomic E-state index is 6.20. The van der Waals surface area contributed by atoms with Crippen molar-refractivity contribution in [2.45, 2.75) is 57.1 Å². The molecule has 0 amide bonds. The molecule has 1 aromatic rings. The van der Waals surface area contributed by atoms with Gasteiger partial charge in [-0.1, -0.05) is 47.0 Å². The van der Waals surface area contributed by atoms with E-state index in [2.05, 4.69) is 53.4 Å². The van der Waals surface area contributed by atoms with Crippen molar-refractivity contribution in [1.82, 2.24) is 5.32 Å². The number of aryl methyl sites for hydroxylation is 1. The minimum absolute atomic E-state index is 0.189. The second-order valence-corrected chi connectivity index (χ2v) is 7.53. The van der Waals surface area contributed by atoms with Gasteiger partial charge < -0.3 is 10.1 Å². The van der Waals surface area contributed by atoms with Crippen LogP contribution in [0.4, 0.5) is 0 Å². The normalized spacial score (nSPS) is 26.1. The predicted octanol–water partition coefficient (Wildman–Crippen LogP) is 4.76. The Kier molecular flexibility index (Phi) is 4.72. The van der Waals surface area contributed by atoms with Crippen LogP contribution in [-0.4, -0.2) is 19.3 Å². The van der Waals surface area contributed by atoms with Gasteiger partial charge >= 0.3 is 0 Å². The van der Waals surface area contributed by atoms with Crippen LogP contribution in [0.25, 0.3) is 0 Å². The summed E-state index contributed by atoms with van der Waals surface area (Å²) in [5.74, 6) is 0.667. The first-order valence-electron chi connectivity index (χ1n) is 8.21. The fourth-order valence-corrected chi connectivity index (χ4v) is 4.78. The van der Waals surface area contributed by atoms with Gasteiger partial charge in [0.2, 0.25) is 0 Å². The number of hydrogen-bond donors (Lipinski definition) is 1. The molecule has 2 fully saturated rings. The molecule has 116 valence electrons. The smallest absolute Gasteiger partial charge is 0.0686 e. The standard InChI is InChI=1S/C18H26BrNO/c1-13-6-5-7-15(16(13)19)17(20-2)14-8-11-21-18(12-14)9-3-4-10-18/h5-7,14,17,20H,3-4,8-12H2,1-2H3. The Labute approximate surface area is 136 Å². The molecule has 21 heavy (non-hydrogen) atoms. The van der Waals surface area contributed by atoms with Gasteiger partial charge in [0.1, 0.15) is 0 Å². The van der Waals surface area contributed by atoms with Crippen LogP contribution in [0, 0.1) is 12.8 Å². The van der Waals surface area contributed by atoms with Gasteiger partial charge in [0, 0.05) is 17.1 Å². The summed E-state index contributed by atoms with van der Waals surface area (Å²) >= 11 is 3.79. The van der Waals surface area contributed by atoms with Crippen molar-refractivity contribution in [2.24, 2.45) is 5.92 Å². The number of nitrogens with one attached hydrogen (secondary N) is 1. The van der Waals surface area contributed by atoms with E-state index in [1.54, 1.807) is 0 Å². The van der Waals surface area contributed by atoms with Gasteiger partial charge in [-0.15, -0.1) is 0 Å². The van der Waals surface area contributed by atoms with Crippen molar-refractivity contribution in [3.63, 3.8) is 0 Å². The minimum Gasteiger partial charge on any atom is -0.375 e. The zero-order valence-corrected chi connectivity index (χ0v) is 14.7. The molecule has 1 aliphatic heterocycles. The molecule has 1 saturated heterocycles. The molecule has 0 aromatic heterocycles. The van der Waals surface area contributed by atoms with E-state index >= 15 is 0 Å². The first-order valence-corrected chi connectivity index (χ1v) is 9.01. The summed E-state index contributed by atoms with van der Waals surface area (Å²) in [5, 5.41) is 3.58. The van der Waals surface area contributed by atoms with Crippen molar-refractivity contribution >= 4 is 15.9 Å². The Morgan fingerprint density at radius 3 is 2.81 bits per heavy atom. The molecular formula is C18H26BrNO. The molecule has 1 aromatic carbocycles. The molecule has 3 heteroatoms. The van der Waals surface area contributed by atoms with Crippen molar-refractivity contribution in [1.29, 1.82) is 0 Å². The summed E-state index contributed by atoms with van der Waals surface area (Å²) in [7, 11) is 2.09. The van der Waals surface area contributed by atoms with E-state index in [0.717, 1.165) is 13.0 Å². The molecule has 0 bridgehead atoms. The van der Waals surface area contributed by atoms with Crippen LogP contribution in [-0.2, 0) is 4.74 Å². The Morgan fingerprint density at radius 2 is 2.10 bits per heavy atom. The molecule has 3 rings (SSSR count). The summed E-state index contributed by atoms with van der Waals surface area (Å²) in [4.78, 5) is 0. The van der Waals surface area contributed by atoms with E-state index in [4.69, 9.17) is 4.74 Å². The van der Waals surface area contributed by atoms with Crippen molar-refractivity contribution in [3.8, 4) is 0 Å². The summed E-state index contributed by atoms with van der Waals surface area (Å²) in [6, 6.07) is 7.02. The molecule has 2 aliphatic rings. The largest absolute Gasteiger partial charge is 0.375 e. The van der Waals surface area contributed by atoms with E-state index in [1.807, 2.05) is 0 Å². The van der Waals surface area contributed by atoms with Gasteiger partial charge in [-0.25, -0.2) is 0 Å². The monoisotopic (exact) mass is 351 g/mol. The van der Waals surface area contributed by atoms with E-state index in [0.29, 0.717) is 12.0 Å². The van der Waals surface area contributed by atoms with Gasteiger partial charge in [-0.05, 0) is 56.7 Å². The Bertz CT molecular complexity index is 496. The summed E-state index contributed by atoms with van der Waals surface area (Å²) in [6.07, 6.45) is 7.56. The molecule has 2 unspecified atom stereocenters. The van der Waals surface area contributed by atoms with E-state index in [9.17, 15) is 0 Å². The molecule has 1 aliphatic carbocycles. The molecule has 2 nitrogen and oxygen atoms in total. The lowest BCUT2D eigenvalue weighted by atomic mass is 9.78. The molecule has 2 atom stereocenters. The van der Waals surface area contributed by atoms with Gasteiger partial charge in [-0.2, -0.15) is 0 Å². The summed E-state index contributed by atoms with van der Waals surface area (Å²) in [5.41, 5.74) is 2.90. The zero-order chi connectivity index (χ0) is 14.9. The minimum atomic E-state index is 0.189. The van der Waals surface area contributed by atoms with E-state index < -0.39 is 0 Å². The second-order valence-electron chi connectivity index (χ2n) is 6.74. The topological polar surface area (TPSA) is 21.3 Å². The molecule has 1 spiro atoms. The zero-order valence-electron chi connectivity index (χ0n) is 13.1. The number of benzene rings is 1. The maximum atomic E-state index is 6.20. The fraction of sp³-hybridized carbons (Fsp3) is 0.667. The van der Waals surface area contributed by atoms with E-state index in [1.165, 1.54) is 47.7 Å². The first-order chi connectivity index (χ1) is 10.2. The quantitative estimate of drug-likeness (QED) is 0.847. The van der Waals surface area contributed by atoms with Crippen LogP contribution >= 0.6 is 15.9 Å². The maximum Gasteiger partial charge on any atom is 0.0686 e. The Hall–Kier alpha value is -0.380.